The summed E-state index contributed by atoms with van der Waals surface area (Å²) in [5.41, 5.74) is 4.15. The molecular weight excluding hydrogens is 220 g/mol. The maximum Gasteiger partial charge on any atom is 0.0401 e. The van der Waals surface area contributed by atoms with Crippen LogP contribution in [0.25, 0.3) is 0 Å². The van der Waals surface area contributed by atoms with Gasteiger partial charge in [0.05, 0.1) is 0 Å². The second kappa shape index (κ2) is 5.31. The van der Waals surface area contributed by atoms with Crippen LogP contribution in [0, 0.1) is 19.8 Å². The summed E-state index contributed by atoms with van der Waals surface area (Å²) in [6.45, 7) is 13.5. The van der Waals surface area contributed by atoms with Crippen LogP contribution < -0.4 is 10.2 Å². The summed E-state index contributed by atoms with van der Waals surface area (Å²) in [5, 5.41) is 3.66. The summed E-state index contributed by atoms with van der Waals surface area (Å²) in [7, 11) is 0. The molecule has 2 nitrogen and oxygen atoms in total. The maximum absolute atomic E-state index is 3.66. The molecule has 1 saturated heterocycles. The zero-order valence-corrected chi connectivity index (χ0v) is 12.3. The molecule has 1 aliphatic rings. The van der Waals surface area contributed by atoms with Gasteiger partial charge in [0.1, 0.15) is 0 Å². The zero-order chi connectivity index (χ0) is 13.3. The molecule has 1 aromatic carbocycles. The van der Waals surface area contributed by atoms with E-state index in [4.69, 9.17) is 0 Å². The Morgan fingerprint density at radius 1 is 1.28 bits per heavy atom. The minimum absolute atomic E-state index is 0.570. The second-order valence-corrected chi connectivity index (χ2v) is 6.05. The summed E-state index contributed by atoms with van der Waals surface area (Å²) in [5.74, 6) is 0.685. The molecular formula is C16H26N2. The summed E-state index contributed by atoms with van der Waals surface area (Å²) < 4.78 is 0. The van der Waals surface area contributed by atoms with Crippen LogP contribution in [0.3, 0.4) is 0 Å². The Bertz CT molecular complexity index is 412. The molecule has 1 heterocycles. The van der Waals surface area contributed by atoms with E-state index in [0.717, 1.165) is 13.1 Å². The van der Waals surface area contributed by atoms with Crippen molar-refractivity contribution in [2.45, 2.75) is 46.7 Å². The monoisotopic (exact) mass is 246 g/mol. The predicted octanol–water partition coefficient (Wildman–Crippen LogP) is 3.13. The fraction of sp³-hybridized carbons (Fsp3) is 0.625. The normalized spacial score (nSPS) is 24.7. The summed E-state index contributed by atoms with van der Waals surface area (Å²) >= 11 is 0. The van der Waals surface area contributed by atoms with Gasteiger partial charge in [0.2, 0.25) is 0 Å². The fourth-order valence-corrected chi connectivity index (χ4v) is 2.70. The van der Waals surface area contributed by atoms with Gasteiger partial charge in [0.15, 0.2) is 0 Å². The number of nitrogens with zero attached hydrogens (tertiary/aromatic N) is 1. The van der Waals surface area contributed by atoms with E-state index in [1.807, 2.05) is 0 Å². The Kier molecular flexibility index (Phi) is 3.96. The highest BCUT2D eigenvalue weighted by atomic mass is 15.2. The summed E-state index contributed by atoms with van der Waals surface area (Å²) in [6.07, 6.45) is 0. The first kappa shape index (κ1) is 13.4. The Hall–Kier alpha value is -1.02. The van der Waals surface area contributed by atoms with Crippen molar-refractivity contribution in [2.24, 2.45) is 5.92 Å². The minimum Gasteiger partial charge on any atom is -0.366 e. The molecule has 0 bridgehead atoms. The Morgan fingerprint density at radius 2 is 2.00 bits per heavy atom. The third kappa shape index (κ3) is 2.69. The van der Waals surface area contributed by atoms with E-state index in [9.17, 15) is 0 Å². The molecule has 1 fully saturated rings. The first-order valence-electron chi connectivity index (χ1n) is 7.06. The van der Waals surface area contributed by atoms with Crippen LogP contribution in [0.1, 0.15) is 31.9 Å². The number of benzene rings is 1. The molecule has 0 spiro atoms. The van der Waals surface area contributed by atoms with Gasteiger partial charge in [-0.2, -0.15) is 0 Å². The predicted molar refractivity (Wildman–Crippen MR) is 79.4 cm³/mol. The molecule has 1 N–H and O–H groups in total. The molecule has 2 unspecified atom stereocenters. The van der Waals surface area contributed by atoms with Crippen LogP contribution in [-0.2, 0) is 0 Å². The van der Waals surface area contributed by atoms with Gasteiger partial charge < -0.3 is 10.2 Å². The van der Waals surface area contributed by atoms with E-state index in [0.29, 0.717) is 18.0 Å². The molecule has 1 aliphatic heterocycles. The van der Waals surface area contributed by atoms with E-state index in [1.165, 1.54) is 16.8 Å². The Balaban J connectivity index is 2.26. The first-order valence-corrected chi connectivity index (χ1v) is 7.06. The molecule has 2 rings (SSSR count). The van der Waals surface area contributed by atoms with Crippen molar-refractivity contribution in [2.75, 3.05) is 18.0 Å². The highest BCUT2D eigenvalue weighted by molar-refractivity contribution is 5.56. The lowest BCUT2D eigenvalue weighted by Gasteiger charge is -2.42. The van der Waals surface area contributed by atoms with Crippen molar-refractivity contribution >= 4 is 5.69 Å². The van der Waals surface area contributed by atoms with E-state index in [1.54, 1.807) is 0 Å². The van der Waals surface area contributed by atoms with Crippen LogP contribution in [0.4, 0.5) is 5.69 Å². The van der Waals surface area contributed by atoms with Gasteiger partial charge in [0, 0.05) is 30.9 Å². The molecule has 18 heavy (non-hydrogen) atoms. The molecule has 0 saturated carbocycles. The van der Waals surface area contributed by atoms with Gasteiger partial charge in [-0.15, -0.1) is 0 Å². The average molecular weight is 246 g/mol. The SMILES string of the molecule is Cc1ccc(C)c(N2CC(C(C)C)NCC2C)c1. The van der Waals surface area contributed by atoms with Crippen molar-refractivity contribution in [1.29, 1.82) is 0 Å². The van der Waals surface area contributed by atoms with Gasteiger partial charge in [-0.05, 0) is 43.9 Å². The van der Waals surface area contributed by atoms with E-state index < -0.39 is 0 Å². The van der Waals surface area contributed by atoms with Crippen LogP contribution in [0.15, 0.2) is 18.2 Å². The van der Waals surface area contributed by atoms with Crippen LogP contribution in [0.2, 0.25) is 0 Å². The highest BCUT2D eigenvalue weighted by Gasteiger charge is 2.27. The average Bonchev–Trinajstić information content (AvgIpc) is 2.33. The largest absolute Gasteiger partial charge is 0.366 e. The van der Waals surface area contributed by atoms with Gasteiger partial charge >= 0.3 is 0 Å². The number of hydrogen-bond donors (Lipinski definition) is 1. The van der Waals surface area contributed by atoms with Crippen LogP contribution >= 0.6 is 0 Å². The standard InChI is InChI=1S/C16H26N2/c1-11(2)15-10-18(14(5)9-17-15)16-8-12(3)6-7-13(16)4/h6-8,11,14-15,17H,9-10H2,1-5H3. The number of hydrogen-bond acceptors (Lipinski definition) is 2. The number of aryl methyl sites for hydroxylation is 2. The van der Waals surface area contributed by atoms with Crippen molar-refractivity contribution in [3.63, 3.8) is 0 Å². The van der Waals surface area contributed by atoms with Gasteiger partial charge in [0.25, 0.3) is 0 Å². The lowest BCUT2D eigenvalue weighted by molar-refractivity contribution is 0.336. The molecule has 2 atom stereocenters. The lowest BCUT2D eigenvalue weighted by Crippen LogP contribution is -2.57. The molecule has 0 amide bonds. The number of piperazine rings is 1. The van der Waals surface area contributed by atoms with Crippen LogP contribution in [-0.4, -0.2) is 25.2 Å². The van der Waals surface area contributed by atoms with Crippen molar-refractivity contribution in [3.05, 3.63) is 29.3 Å². The first-order chi connectivity index (χ1) is 8.49. The fourth-order valence-electron chi connectivity index (χ4n) is 2.70. The smallest absolute Gasteiger partial charge is 0.0401 e. The number of anilines is 1. The van der Waals surface area contributed by atoms with E-state index in [2.05, 4.69) is 63.0 Å². The third-order valence-electron chi connectivity index (χ3n) is 4.08. The molecule has 2 heteroatoms. The molecule has 0 radical (unpaired) electrons. The topological polar surface area (TPSA) is 15.3 Å². The zero-order valence-electron chi connectivity index (χ0n) is 12.3. The molecule has 0 aliphatic carbocycles. The quantitative estimate of drug-likeness (QED) is 0.862. The lowest BCUT2D eigenvalue weighted by atomic mass is 9.98. The molecule has 0 aromatic heterocycles. The minimum atomic E-state index is 0.570. The van der Waals surface area contributed by atoms with E-state index in [-0.39, 0.29) is 0 Å². The van der Waals surface area contributed by atoms with Crippen molar-refractivity contribution in [1.82, 2.24) is 5.32 Å². The van der Waals surface area contributed by atoms with Crippen molar-refractivity contribution in [3.8, 4) is 0 Å². The number of rotatable bonds is 2. The van der Waals surface area contributed by atoms with Gasteiger partial charge in [-0.25, -0.2) is 0 Å². The van der Waals surface area contributed by atoms with E-state index >= 15 is 0 Å². The second-order valence-electron chi connectivity index (χ2n) is 6.05. The summed E-state index contributed by atoms with van der Waals surface area (Å²) in [4.78, 5) is 2.57. The summed E-state index contributed by atoms with van der Waals surface area (Å²) in [6, 6.07) is 7.94. The molecule has 1 aromatic rings. The third-order valence-corrected chi connectivity index (χ3v) is 4.08. The highest BCUT2D eigenvalue weighted by Crippen LogP contribution is 2.26. The number of nitrogens with one attached hydrogen (secondary N) is 1. The molecule has 100 valence electrons. The Labute approximate surface area is 111 Å². The van der Waals surface area contributed by atoms with Crippen LogP contribution in [0.5, 0.6) is 0 Å². The maximum atomic E-state index is 3.66. The Morgan fingerprint density at radius 3 is 2.67 bits per heavy atom. The van der Waals surface area contributed by atoms with Crippen molar-refractivity contribution < 1.29 is 0 Å². The van der Waals surface area contributed by atoms with Gasteiger partial charge in [-0.1, -0.05) is 26.0 Å². The van der Waals surface area contributed by atoms with Gasteiger partial charge in [-0.3, -0.25) is 0 Å².